The number of hydrogen-bond donors (Lipinski definition) is 2. The first-order chi connectivity index (χ1) is 9.55. The summed E-state index contributed by atoms with van der Waals surface area (Å²) in [4.78, 5) is 12.4. The minimum absolute atomic E-state index is 0. The van der Waals surface area contributed by atoms with E-state index in [1.165, 1.54) is 0 Å². The lowest BCUT2D eigenvalue weighted by Crippen LogP contribution is -2.40. The van der Waals surface area contributed by atoms with Gasteiger partial charge in [0.25, 0.3) is 0 Å². The molecular formula is C16H25ClN2O2. The van der Waals surface area contributed by atoms with Gasteiger partial charge in [-0.1, -0.05) is 12.8 Å². The van der Waals surface area contributed by atoms with Gasteiger partial charge in [0.2, 0.25) is 5.91 Å². The third-order valence-electron chi connectivity index (χ3n) is 3.92. The molecule has 0 unspecified atom stereocenters. The van der Waals surface area contributed by atoms with Crippen LogP contribution in [0.1, 0.15) is 39.5 Å². The summed E-state index contributed by atoms with van der Waals surface area (Å²) in [5.41, 5.74) is 6.25. The van der Waals surface area contributed by atoms with Gasteiger partial charge in [-0.2, -0.15) is 0 Å². The molecular weight excluding hydrogens is 288 g/mol. The van der Waals surface area contributed by atoms with Crippen molar-refractivity contribution in [3.8, 4) is 5.75 Å². The summed E-state index contributed by atoms with van der Waals surface area (Å²) >= 11 is 0. The molecule has 4 nitrogen and oxygen atoms in total. The Hall–Kier alpha value is -1.26. The SMILES string of the molecule is CC(C)Oc1ccc(NC(=O)C2(CN)CCCC2)cc1.Cl. The minimum atomic E-state index is -0.368. The van der Waals surface area contributed by atoms with Gasteiger partial charge in [0.1, 0.15) is 5.75 Å². The van der Waals surface area contributed by atoms with Gasteiger partial charge in [-0.05, 0) is 51.0 Å². The van der Waals surface area contributed by atoms with E-state index in [2.05, 4.69) is 5.32 Å². The molecule has 0 heterocycles. The third kappa shape index (κ3) is 4.35. The number of carbonyl (C=O) groups is 1. The highest BCUT2D eigenvalue weighted by Gasteiger charge is 2.39. The molecule has 0 aromatic heterocycles. The van der Waals surface area contributed by atoms with E-state index in [4.69, 9.17) is 10.5 Å². The fourth-order valence-corrected chi connectivity index (χ4v) is 2.73. The average molecular weight is 313 g/mol. The Morgan fingerprint density at radius 3 is 2.33 bits per heavy atom. The van der Waals surface area contributed by atoms with E-state index in [-0.39, 0.29) is 29.8 Å². The van der Waals surface area contributed by atoms with E-state index in [1.807, 2.05) is 38.1 Å². The monoisotopic (exact) mass is 312 g/mol. The molecule has 0 bridgehead atoms. The zero-order valence-corrected chi connectivity index (χ0v) is 13.5. The van der Waals surface area contributed by atoms with Crippen molar-refractivity contribution in [2.24, 2.45) is 11.1 Å². The zero-order chi connectivity index (χ0) is 14.6. The molecule has 1 aromatic rings. The van der Waals surface area contributed by atoms with E-state index in [0.29, 0.717) is 6.54 Å². The maximum Gasteiger partial charge on any atom is 0.231 e. The van der Waals surface area contributed by atoms with Crippen LogP contribution < -0.4 is 15.8 Å². The van der Waals surface area contributed by atoms with Gasteiger partial charge in [-0.25, -0.2) is 0 Å². The molecule has 1 saturated carbocycles. The molecule has 0 aliphatic heterocycles. The maximum atomic E-state index is 12.4. The molecule has 1 aliphatic carbocycles. The van der Waals surface area contributed by atoms with Gasteiger partial charge < -0.3 is 15.8 Å². The van der Waals surface area contributed by atoms with E-state index in [1.54, 1.807) is 0 Å². The van der Waals surface area contributed by atoms with E-state index >= 15 is 0 Å². The van der Waals surface area contributed by atoms with Crippen molar-refractivity contribution in [2.45, 2.75) is 45.6 Å². The number of hydrogen-bond acceptors (Lipinski definition) is 3. The Labute approximate surface area is 132 Å². The van der Waals surface area contributed by atoms with Crippen LogP contribution in [0.15, 0.2) is 24.3 Å². The molecule has 1 amide bonds. The van der Waals surface area contributed by atoms with Crippen molar-refractivity contribution in [1.29, 1.82) is 0 Å². The summed E-state index contributed by atoms with van der Waals surface area (Å²) in [5, 5.41) is 2.98. The first kappa shape index (κ1) is 17.8. The predicted octanol–water partition coefficient (Wildman–Crippen LogP) is 3.35. The highest BCUT2D eigenvalue weighted by Crippen LogP contribution is 2.38. The summed E-state index contributed by atoms with van der Waals surface area (Å²) in [5.74, 6) is 0.863. The largest absolute Gasteiger partial charge is 0.491 e. The lowest BCUT2D eigenvalue weighted by molar-refractivity contribution is -0.124. The topological polar surface area (TPSA) is 64.3 Å². The maximum absolute atomic E-state index is 12.4. The van der Waals surface area contributed by atoms with Crippen LogP contribution in [0, 0.1) is 5.41 Å². The Balaban J connectivity index is 0.00000220. The Kier molecular flexibility index (Phi) is 6.49. The van der Waals surface area contributed by atoms with E-state index in [0.717, 1.165) is 37.1 Å². The average Bonchev–Trinajstić information content (AvgIpc) is 2.90. The van der Waals surface area contributed by atoms with Crippen LogP contribution >= 0.6 is 12.4 Å². The smallest absolute Gasteiger partial charge is 0.231 e. The highest BCUT2D eigenvalue weighted by molar-refractivity contribution is 5.95. The van der Waals surface area contributed by atoms with Crippen LogP contribution in [0.5, 0.6) is 5.75 Å². The fraction of sp³-hybridized carbons (Fsp3) is 0.562. The number of anilines is 1. The Bertz CT molecular complexity index is 454. The predicted molar refractivity (Wildman–Crippen MR) is 88.0 cm³/mol. The van der Waals surface area contributed by atoms with Crippen molar-refractivity contribution >= 4 is 24.0 Å². The molecule has 1 aromatic carbocycles. The van der Waals surface area contributed by atoms with Crippen molar-refractivity contribution in [3.05, 3.63) is 24.3 Å². The summed E-state index contributed by atoms with van der Waals surface area (Å²) in [6.45, 7) is 4.40. The lowest BCUT2D eigenvalue weighted by atomic mass is 9.85. The molecule has 2 rings (SSSR count). The molecule has 1 fully saturated rings. The molecule has 5 heteroatoms. The van der Waals surface area contributed by atoms with Gasteiger partial charge in [0, 0.05) is 12.2 Å². The first-order valence-electron chi connectivity index (χ1n) is 7.34. The lowest BCUT2D eigenvalue weighted by Gasteiger charge is -2.25. The minimum Gasteiger partial charge on any atom is -0.491 e. The quantitative estimate of drug-likeness (QED) is 0.876. The molecule has 0 saturated heterocycles. The van der Waals surface area contributed by atoms with Gasteiger partial charge in [-0.15, -0.1) is 12.4 Å². The molecule has 0 radical (unpaired) electrons. The summed E-state index contributed by atoms with van der Waals surface area (Å²) in [6.07, 6.45) is 4.11. The number of halogens is 1. The van der Waals surface area contributed by atoms with Crippen LogP contribution in [0.3, 0.4) is 0 Å². The second-order valence-electron chi connectivity index (χ2n) is 5.84. The van der Waals surface area contributed by atoms with Crippen molar-refractivity contribution in [3.63, 3.8) is 0 Å². The number of rotatable bonds is 5. The number of carbonyl (C=O) groups excluding carboxylic acids is 1. The number of nitrogens with two attached hydrogens (primary N) is 1. The summed E-state index contributed by atoms with van der Waals surface area (Å²) in [6, 6.07) is 7.49. The van der Waals surface area contributed by atoms with Crippen LogP contribution in [-0.2, 0) is 4.79 Å². The van der Waals surface area contributed by atoms with Crippen molar-refractivity contribution in [2.75, 3.05) is 11.9 Å². The summed E-state index contributed by atoms with van der Waals surface area (Å²) < 4.78 is 5.58. The van der Waals surface area contributed by atoms with Crippen LogP contribution in [0.25, 0.3) is 0 Å². The van der Waals surface area contributed by atoms with Crippen molar-refractivity contribution < 1.29 is 9.53 Å². The second-order valence-corrected chi connectivity index (χ2v) is 5.84. The molecule has 118 valence electrons. The molecule has 0 atom stereocenters. The number of benzene rings is 1. The third-order valence-corrected chi connectivity index (χ3v) is 3.92. The standard InChI is InChI=1S/C16H24N2O2.ClH/c1-12(2)20-14-7-5-13(6-8-14)18-15(19)16(11-17)9-3-4-10-16;/h5-8,12H,3-4,9-11,17H2,1-2H3,(H,18,19);1H. The molecule has 0 spiro atoms. The van der Waals surface area contributed by atoms with Crippen LogP contribution in [0.4, 0.5) is 5.69 Å². The highest BCUT2D eigenvalue weighted by atomic mass is 35.5. The molecule has 21 heavy (non-hydrogen) atoms. The zero-order valence-electron chi connectivity index (χ0n) is 12.7. The molecule has 1 aliphatic rings. The Morgan fingerprint density at radius 1 is 1.29 bits per heavy atom. The van der Waals surface area contributed by atoms with E-state index in [9.17, 15) is 4.79 Å². The number of ether oxygens (including phenoxy) is 1. The van der Waals surface area contributed by atoms with Gasteiger partial charge in [-0.3, -0.25) is 4.79 Å². The fourth-order valence-electron chi connectivity index (χ4n) is 2.73. The first-order valence-corrected chi connectivity index (χ1v) is 7.34. The van der Waals surface area contributed by atoms with Gasteiger partial charge in [0.15, 0.2) is 0 Å². The van der Waals surface area contributed by atoms with E-state index < -0.39 is 0 Å². The Morgan fingerprint density at radius 2 is 1.86 bits per heavy atom. The van der Waals surface area contributed by atoms with Gasteiger partial charge in [0.05, 0.1) is 11.5 Å². The number of amides is 1. The molecule has 3 N–H and O–H groups in total. The van der Waals surface area contributed by atoms with Crippen LogP contribution in [0.2, 0.25) is 0 Å². The van der Waals surface area contributed by atoms with Crippen LogP contribution in [-0.4, -0.2) is 18.6 Å². The summed E-state index contributed by atoms with van der Waals surface area (Å²) in [7, 11) is 0. The normalized spacial score (nSPS) is 16.4. The van der Waals surface area contributed by atoms with Crippen molar-refractivity contribution in [1.82, 2.24) is 0 Å². The van der Waals surface area contributed by atoms with Gasteiger partial charge >= 0.3 is 0 Å². The number of nitrogens with one attached hydrogen (secondary N) is 1. The second kappa shape index (κ2) is 7.66.